The number of hydrogen-bond donors (Lipinski definition) is 6. The molecule has 5 aromatic rings. The van der Waals surface area contributed by atoms with Gasteiger partial charge in [0.05, 0.1) is 78.4 Å². The number of nitrogens with two attached hydrogens (primary N) is 1. The van der Waals surface area contributed by atoms with Crippen LogP contribution in [0.1, 0.15) is 76.8 Å². The number of likely N-dealkylation sites (N-methyl/N-ethyl adjacent to an activating group) is 1. The number of rotatable bonds is 21. The van der Waals surface area contributed by atoms with E-state index in [1.165, 1.54) is 12.0 Å². The fraction of sp³-hybridized carbons (Fsp3) is 0.491. The van der Waals surface area contributed by atoms with Crippen molar-refractivity contribution in [3.63, 3.8) is 0 Å². The van der Waals surface area contributed by atoms with Crippen LogP contribution in [0.3, 0.4) is 0 Å². The second-order valence-corrected chi connectivity index (χ2v) is 21.3. The van der Waals surface area contributed by atoms with E-state index < -0.39 is 41.3 Å². The molecule has 2 fully saturated rings. The number of ether oxygens (including phenoxy) is 3. The van der Waals surface area contributed by atoms with E-state index in [0.717, 1.165) is 64.7 Å². The van der Waals surface area contributed by atoms with Gasteiger partial charge in [-0.15, -0.1) is 11.3 Å². The lowest BCUT2D eigenvalue weighted by Gasteiger charge is -2.35. The van der Waals surface area contributed by atoms with Gasteiger partial charge in [0.25, 0.3) is 11.8 Å². The number of fused-ring (bicyclic) bond motifs is 3. The first-order valence-corrected chi connectivity index (χ1v) is 26.4. The van der Waals surface area contributed by atoms with Crippen LogP contribution in [-0.2, 0) is 50.3 Å². The smallest absolute Gasteiger partial charge is 0.269 e. The zero-order chi connectivity index (χ0) is 54.3. The van der Waals surface area contributed by atoms with Gasteiger partial charge in [-0.25, -0.2) is 15.0 Å². The Kier molecular flexibility index (Phi) is 17.6. The summed E-state index contributed by atoms with van der Waals surface area (Å²) < 4.78 is 19.0. The Morgan fingerprint density at radius 2 is 1.68 bits per heavy atom. The number of nitrogens with one attached hydrogen (secondary N) is 4. The fourth-order valence-electron chi connectivity index (χ4n) is 9.71. The van der Waals surface area contributed by atoms with E-state index in [2.05, 4.69) is 53.2 Å². The average molecular weight is 1060 g/mol. The third kappa shape index (κ3) is 13.0. The Balaban J connectivity index is 0.802. The molecule has 2 aromatic carbocycles. The van der Waals surface area contributed by atoms with Crippen molar-refractivity contribution in [2.24, 2.45) is 18.2 Å². The number of amides is 5. The molecule has 0 spiro atoms. The Labute approximate surface area is 446 Å². The summed E-state index contributed by atoms with van der Waals surface area (Å²) in [5, 5.41) is 27.0. The van der Waals surface area contributed by atoms with E-state index in [-0.39, 0.29) is 82.4 Å². The summed E-state index contributed by atoms with van der Waals surface area (Å²) in [5.74, 6) is -1.65. The molecule has 0 bridgehead atoms. The lowest BCUT2D eigenvalue weighted by molar-refractivity contribution is -0.144. The summed E-state index contributed by atoms with van der Waals surface area (Å²) in [7, 11) is 5.32. The predicted octanol–water partition coefficient (Wildman–Crippen LogP) is 2.97. The number of anilines is 3. The van der Waals surface area contributed by atoms with Gasteiger partial charge in [-0.1, -0.05) is 45.0 Å². The predicted molar refractivity (Wildman–Crippen MR) is 286 cm³/mol. The number of nitrogens with zero attached hydrogens (tertiary/aromatic N) is 8. The van der Waals surface area contributed by atoms with Crippen molar-refractivity contribution in [1.82, 2.24) is 50.5 Å². The summed E-state index contributed by atoms with van der Waals surface area (Å²) in [6, 6.07) is 9.71. The van der Waals surface area contributed by atoms with Gasteiger partial charge in [-0.2, -0.15) is 5.10 Å². The Morgan fingerprint density at radius 3 is 2.37 bits per heavy atom. The summed E-state index contributed by atoms with van der Waals surface area (Å²) in [4.78, 5) is 87.6. The van der Waals surface area contributed by atoms with Crippen LogP contribution in [0.15, 0.2) is 48.1 Å². The van der Waals surface area contributed by atoms with Crippen LogP contribution in [0.25, 0.3) is 21.8 Å². The van der Waals surface area contributed by atoms with E-state index in [9.17, 15) is 29.1 Å². The number of benzene rings is 2. The van der Waals surface area contributed by atoms with Gasteiger partial charge in [-0.3, -0.25) is 28.7 Å². The van der Waals surface area contributed by atoms with Crippen molar-refractivity contribution in [1.29, 1.82) is 0 Å². The summed E-state index contributed by atoms with van der Waals surface area (Å²) in [6.07, 6.45) is 2.11. The average Bonchev–Trinajstić information content (AvgIpc) is 4.12. The van der Waals surface area contributed by atoms with Gasteiger partial charge < -0.3 is 61.0 Å². The molecule has 5 amide bonds. The molecule has 22 nitrogen and oxygen atoms in total. The molecule has 2 saturated heterocycles. The van der Waals surface area contributed by atoms with Crippen molar-refractivity contribution < 1.29 is 43.3 Å². The highest BCUT2D eigenvalue weighted by Crippen LogP contribution is 2.38. The minimum Gasteiger partial charge on any atom is -0.494 e. The quantitative estimate of drug-likeness (QED) is 0.0577. The number of carbonyl (C=O) groups excluding carboxylic acids is 5. The third-order valence-corrected chi connectivity index (χ3v) is 14.8. The molecule has 0 unspecified atom stereocenters. The number of aliphatic hydroxyl groups excluding tert-OH is 1. The van der Waals surface area contributed by atoms with Crippen LogP contribution in [0, 0.1) is 12.3 Å². The number of likely N-dealkylation sites (tertiary alicyclic amines) is 1. The van der Waals surface area contributed by atoms with E-state index in [0.29, 0.717) is 41.2 Å². The highest BCUT2D eigenvalue weighted by Gasteiger charge is 2.44. The lowest BCUT2D eigenvalue weighted by atomic mass is 9.85. The number of piperazine rings is 1. The number of primary amides is 1. The molecular formula is C53H69N13O9S. The lowest BCUT2D eigenvalue weighted by Crippen LogP contribution is -2.57. The second kappa shape index (κ2) is 24.3. The fourth-order valence-corrected chi connectivity index (χ4v) is 10.5. The monoisotopic (exact) mass is 1060 g/mol. The zero-order valence-corrected chi connectivity index (χ0v) is 45.1. The van der Waals surface area contributed by atoms with Gasteiger partial charge in [0.2, 0.25) is 23.7 Å². The van der Waals surface area contributed by atoms with Crippen molar-refractivity contribution in [3.05, 3.63) is 81.7 Å². The van der Waals surface area contributed by atoms with Gasteiger partial charge in [0.1, 0.15) is 12.1 Å². The van der Waals surface area contributed by atoms with E-state index in [1.807, 2.05) is 69.6 Å². The zero-order valence-electron chi connectivity index (χ0n) is 44.2. The van der Waals surface area contributed by atoms with Gasteiger partial charge in [0.15, 0.2) is 11.4 Å². The summed E-state index contributed by atoms with van der Waals surface area (Å²) in [5.41, 5.74) is 14.4. The maximum absolute atomic E-state index is 14.1. The molecule has 8 rings (SSSR count). The number of hydrogen-bond acceptors (Lipinski definition) is 17. The summed E-state index contributed by atoms with van der Waals surface area (Å²) >= 11 is 1.57. The highest BCUT2D eigenvalue weighted by atomic mass is 32.1. The van der Waals surface area contributed by atoms with Crippen LogP contribution >= 0.6 is 11.3 Å². The van der Waals surface area contributed by atoms with Crippen LogP contribution in [-0.4, -0.2) is 167 Å². The normalized spacial score (nSPS) is 16.9. The highest BCUT2D eigenvalue weighted by molar-refractivity contribution is 7.13. The van der Waals surface area contributed by atoms with E-state index >= 15 is 0 Å². The first-order chi connectivity index (χ1) is 36.4. The Bertz CT molecular complexity index is 2910. The second-order valence-electron chi connectivity index (χ2n) is 20.4. The number of aliphatic hydroxyl groups is 1. The van der Waals surface area contributed by atoms with Gasteiger partial charge >= 0.3 is 0 Å². The largest absolute Gasteiger partial charge is 0.494 e. The number of methoxy groups -OCH3 is 1. The van der Waals surface area contributed by atoms with Crippen molar-refractivity contribution in [2.75, 3.05) is 90.1 Å². The minimum absolute atomic E-state index is 0.0304. The maximum Gasteiger partial charge on any atom is 0.269 e. The van der Waals surface area contributed by atoms with Gasteiger partial charge in [0, 0.05) is 83.2 Å². The topological polar surface area (TPSA) is 274 Å². The first kappa shape index (κ1) is 55.2. The molecule has 3 atom stereocenters. The maximum atomic E-state index is 14.1. The van der Waals surface area contributed by atoms with E-state index in [4.69, 9.17) is 24.9 Å². The third-order valence-electron chi connectivity index (χ3n) is 13.8. The van der Waals surface area contributed by atoms with Crippen molar-refractivity contribution in [3.8, 4) is 27.6 Å². The van der Waals surface area contributed by atoms with Crippen LogP contribution in [0.2, 0.25) is 0 Å². The van der Waals surface area contributed by atoms with Crippen molar-refractivity contribution in [2.45, 2.75) is 78.1 Å². The molecule has 0 saturated carbocycles. The molecule has 23 heteroatoms. The van der Waals surface area contributed by atoms with Crippen LogP contribution in [0.5, 0.6) is 5.75 Å². The standard InChI is InChI=1S/C53H69N13O9S/c1-31-46(76-30-58-31)33-10-8-32(9-11-33)27-56-50(71)40-26-36(67)29-66(40)51(72)47(53(2,3)4)60-41(68)14-20-74-22-23-75-21-15-55-49(70)38-24-35(65-18-16-63(5)17-19-65)25-39(45(38)73-7)59-52-57-28-34-12-13-37-43(48(54)69)62-64(6)44(37)42(34)61-52/h8-11,24-25,28,30,36,40,47,67H,12-23,26-27,29H2,1-7H3,(H2,54,69)(H,55,70)(H,56,71)(H,60,68)(H,57,59,61)/t36-,40+,47-/m1/s1. The SMILES string of the molecule is COc1c(Nc2ncc3c(n2)-c2c(c(C(N)=O)nn2C)CC3)cc(N2CCN(C)CC2)cc1C(=O)NCCOCCOCCC(=O)N[C@H](C(=O)N1C[C@H](O)C[C@H]1C(=O)NCc1ccc(-c2scnc2C)cc1)C(C)(C)C. The number of aryl methyl sites for hydroxylation is 3. The molecule has 2 aliphatic heterocycles. The van der Waals surface area contributed by atoms with Crippen molar-refractivity contribution >= 4 is 58.2 Å². The Morgan fingerprint density at radius 1 is 0.947 bits per heavy atom. The van der Waals surface area contributed by atoms with Crippen LogP contribution < -0.4 is 36.6 Å². The molecule has 1 aliphatic carbocycles. The first-order valence-electron chi connectivity index (χ1n) is 25.5. The molecule has 406 valence electrons. The Hall–Kier alpha value is -7.05. The molecule has 0 radical (unpaired) electrons. The van der Waals surface area contributed by atoms with E-state index in [1.54, 1.807) is 29.3 Å². The molecule has 5 heterocycles. The number of β-amino-alcohol motifs (C(OH)–C–C–N with tert-alkyl or cyclic N) is 1. The number of thiazole rings is 1. The summed E-state index contributed by atoms with van der Waals surface area (Å²) in [6.45, 7) is 11.7. The molecule has 7 N–H and O–H groups in total. The molecule has 3 aliphatic rings. The number of aromatic nitrogens is 5. The molecule has 76 heavy (non-hydrogen) atoms. The van der Waals surface area contributed by atoms with Crippen LogP contribution in [0.4, 0.5) is 17.3 Å². The molecular weight excluding hydrogens is 995 g/mol. The van der Waals surface area contributed by atoms with Gasteiger partial charge in [-0.05, 0) is 61.1 Å². The minimum atomic E-state index is -0.973. The molecule has 3 aromatic heterocycles. The number of carbonyl (C=O) groups is 5.